The summed E-state index contributed by atoms with van der Waals surface area (Å²) in [6.07, 6.45) is 6.41. The standard InChI is InChI=1S/C22H33NO3/c1-6-7-8-9-13-16-20(23-21(24)26-22(3,4)5)18(2)25-17-19-14-11-10-12-15-19/h6,10-12,14-15,20H,1-2,7-9,13,16-17H2,3-5H3,(H,23,24)/t20-/m0/s1. The van der Waals surface area contributed by atoms with Gasteiger partial charge in [0.1, 0.15) is 18.0 Å². The van der Waals surface area contributed by atoms with Crippen LogP contribution in [0, 0.1) is 0 Å². The van der Waals surface area contributed by atoms with Gasteiger partial charge in [-0.15, -0.1) is 6.58 Å². The van der Waals surface area contributed by atoms with Crippen LogP contribution >= 0.6 is 0 Å². The van der Waals surface area contributed by atoms with Gasteiger partial charge in [0.25, 0.3) is 0 Å². The third-order valence-corrected chi connectivity index (χ3v) is 3.75. The molecule has 1 amide bonds. The van der Waals surface area contributed by atoms with Gasteiger partial charge in [-0.1, -0.05) is 55.8 Å². The van der Waals surface area contributed by atoms with E-state index in [4.69, 9.17) is 9.47 Å². The molecule has 0 aliphatic rings. The van der Waals surface area contributed by atoms with Crippen molar-refractivity contribution in [1.29, 1.82) is 0 Å². The summed E-state index contributed by atoms with van der Waals surface area (Å²) in [7, 11) is 0. The van der Waals surface area contributed by atoms with Gasteiger partial charge in [-0.3, -0.25) is 0 Å². The number of hydrogen-bond donors (Lipinski definition) is 1. The van der Waals surface area contributed by atoms with Crippen molar-refractivity contribution in [3.8, 4) is 0 Å². The van der Waals surface area contributed by atoms with Gasteiger partial charge in [0.2, 0.25) is 0 Å². The van der Waals surface area contributed by atoms with Crippen molar-refractivity contribution in [2.24, 2.45) is 0 Å². The highest BCUT2D eigenvalue weighted by Gasteiger charge is 2.21. The first-order chi connectivity index (χ1) is 12.3. The van der Waals surface area contributed by atoms with Gasteiger partial charge in [-0.25, -0.2) is 4.79 Å². The van der Waals surface area contributed by atoms with Gasteiger partial charge in [-0.05, 0) is 45.6 Å². The summed E-state index contributed by atoms with van der Waals surface area (Å²) in [5.41, 5.74) is 0.529. The number of hydrogen-bond acceptors (Lipinski definition) is 3. The van der Waals surface area contributed by atoms with E-state index in [0.717, 1.165) is 37.7 Å². The number of benzene rings is 1. The molecule has 4 heteroatoms. The Bertz CT molecular complexity index is 561. The molecule has 0 fully saturated rings. The van der Waals surface area contributed by atoms with Gasteiger partial charge in [0, 0.05) is 0 Å². The monoisotopic (exact) mass is 359 g/mol. The summed E-state index contributed by atoms with van der Waals surface area (Å²) in [4.78, 5) is 12.1. The van der Waals surface area contributed by atoms with Crippen molar-refractivity contribution >= 4 is 6.09 Å². The second-order valence-electron chi connectivity index (χ2n) is 7.37. The second-order valence-corrected chi connectivity index (χ2v) is 7.37. The number of alkyl carbamates (subject to hydrolysis) is 1. The molecule has 0 bridgehead atoms. The van der Waals surface area contributed by atoms with Crippen molar-refractivity contribution in [3.05, 3.63) is 60.9 Å². The Morgan fingerprint density at radius 2 is 1.88 bits per heavy atom. The Hall–Kier alpha value is -2.23. The lowest BCUT2D eigenvalue weighted by atomic mass is 10.1. The minimum Gasteiger partial charge on any atom is -0.492 e. The second kappa shape index (κ2) is 11.4. The van der Waals surface area contributed by atoms with Crippen LogP contribution in [0.1, 0.15) is 58.4 Å². The van der Waals surface area contributed by atoms with Crippen LogP contribution in [-0.4, -0.2) is 17.7 Å². The van der Waals surface area contributed by atoms with Crippen LogP contribution in [0.15, 0.2) is 55.3 Å². The highest BCUT2D eigenvalue weighted by Crippen LogP contribution is 2.16. The van der Waals surface area contributed by atoms with Crippen molar-refractivity contribution < 1.29 is 14.3 Å². The fourth-order valence-corrected chi connectivity index (χ4v) is 2.43. The first kappa shape index (κ1) is 21.8. The lowest BCUT2D eigenvalue weighted by molar-refractivity contribution is 0.0484. The summed E-state index contributed by atoms with van der Waals surface area (Å²) in [5, 5.41) is 2.89. The minimum atomic E-state index is -0.537. The lowest BCUT2D eigenvalue weighted by Gasteiger charge is -2.25. The number of nitrogens with one attached hydrogen (secondary N) is 1. The van der Waals surface area contributed by atoms with Crippen molar-refractivity contribution in [2.45, 2.75) is 71.1 Å². The quantitative estimate of drug-likeness (QED) is 0.311. The van der Waals surface area contributed by atoms with Gasteiger partial charge in [0.05, 0.1) is 6.04 Å². The Morgan fingerprint density at radius 3 is 2.50 bits per heavy atom. The highest BCUT2D eigenvalue weighted by atomic mass is 16.6. The van der Waals surface area contributed by atoms with Crippen molar-refractivity contribution in [1.82, 2.24) is 5.32 Å². The maximum atomic E-state index is 12.1. The van der Waals surface area contributed by atoms with Gasteiger partial charge < -0.3 is 14.8 Å². The molecule has 0 aliphatic carbocycles. The molecule has 0 heterocycles. The molecule has 0 aromatic heterocycles. The number of amides is 1. The third-order valence-electron chi connectivity index (χ3n) is 3.75. The van der Waals surface area contributed by atoms with E-state index in [1.165, 1.54) is 0 Å². The van der Waals surface area contributed by atoms with Crippen LogP contribution in [0.5, 0.6) is 0 Å². The molecule has 0 saturated heterocycles. The zero-order valence-electron chi connectivity index (χ0n) is 16.4. The molecule has 0 radical (unpaired) electrons. The lowest BCUT2D eigenvalue weighted by Crippen LogP contribution is -2.40. The zero-order valence-corrected chi connectivity index (χ0v) is 16.4. The highest BCUT2D eigenvalue weighted by molar-refractivity contribution is 5.68. The predicted molar refractivity (Wildman–Crippen MR) is 107 cm³/mol. The molecular formula is C22H33NO3. The molecule has 1 atom stereocenters. The summed E-state index contributed by atoms with van der Waals surface area (Å²) >= 11 is 0. The topological polar surface area (TPSA) is 47.6 Å². The zero-order chi connectivity index (χ0) is 19.4. The van der Waals surface area contributed by atoms with Crippen LogP contribution in [0.3, 0.4) is 0 Å². The van der Waals surface area contributed by atoms with Crippen molar-refractivity contribution in [2.75, 3.05) is 0 Å². The molecule has 0 spiro atoms. The number of carbonyl (C=O) groups is 1. The molecule has 1 N–H and O–H groups in total. The maximum absolute atomic E-state index is 12.1. The summed E-state index contributed by atoms with van der Waals surface area (Å²) in [6.45, 7) is 13.7. The summed E-state index contributed by atoms with van der Waals surface area (Å²) in [6, 6.07) is 9.64. The average Bonchev–Trinajstić information content (AvgIpc) is 2.57. The predicted octanol–water partition coefficient (Wildman–Crippen LogP) is 5.75. The van der Waals surface area contributed by atoms with E-state index in [-0.39, 0.29) is 6.04 Å². The Kier molecular flexibility index (Phi) is 9.56. The van der Waals surface area contributed by atoms with Crippen molar-refractivity contribution in [3.63, 3.8) is 0 Å². The van der Waals surface area contributed by atoms with E-state index in [0.29, 0.717) is 12.4 Å². The molecule has 4 nitrogen and oxygen atoms in total. The van der Waals surface area contributed by atoms with Crippen LogP contribution in [0.2, 0.25) is 0 Å². The van der Waals surface area contributed by atoms with E-state index in [2.05, 4.69) is 18.5 Å². The summed E-state index contributed by atoms with van der Waals surface area (Å²) < 4.78 is 11.2. The Labute approximate surface area is 158 Å². The third kappa shape index (κ3) is 9.92. The van der Waals surface area contributed by atoms with Crippen LogP contribution in [0.4, 0.5) is 4.79 Å². The molecule has 1 rings (SSSR count). The number of carbonyl (C=O) groups excluding carboxylic acids is 1. The minimum absolute atomic E-state index is 0.266. The normalized spacial score (nSPS) is 12.1. The molecule has 144 valence electrons. The van der Waals surface area contributed by atoms with E-state index in [1.807, 2.05) is 57.2 Å². The smallest absolute Gasteiger partial charge is 0.408 e. The fraction of sp³-hybridized carbons (Fsp3) is 0.500. The molecular weight excluding hydrogens is 326 g/mol. The van der Waals surface area contributed by atoms with E-state index >= 15 is 0 Å². The number of rotatable bonds is 11. The van der Waals surface area contributed by atoms with E-state index in [1.54, 1.807) is 0 Å². The summed E-state index contributed by atoms with van der Waals surface area (Å²) in [5.74, 6) is 0.559. The first-order valence-electron chi connectivity index (χ1n) is 9.28. The number of allylic oxidation sites excluding steroid dienone is 1. The largest absolute Gasteiger partial charge is 0.492 e. The van der Waals surface area contributed by atoms with Gasteiger partial charge >= 0.3 is 6.09 Å². The molecule has 0 unspecified atom stereocenters. The molecule has 0 saturated carbocycles. The SMILES string of the molecule is C=CCCCCC[C@H](NC(=O)OC(C)(C)C)C(=C)OCc1ccccc1. The molecule has 0 aliphatic heterocycles. The van der Waals surface area contributed by atoms with Gasteiger partial charge in [-0.2, -0.15) is 0 Å². The Balaban J connectivity index is 2.57. The number of unbranched alkanes of at least 4 members (excludes halogenated alkanes) is 3. The van der Waals surface area contributed by atoms with Gasteiger partial charge in [0.15, 0.2) is 0 Å². The number of ether oxygens (including phenoxy) is 2. The van der Waals surface area contributed by atoms with Crippen LogP contribution < -0.4 is 5.32 Å². The first-order valence-corrected chi connectivity index (χ1v) is 9.28. The Morgan fingerprint density at radius 1 is 1.19 bits per heavy atom. The molecule has 26 heavy (non-hydrogen) atoms. The molecule has 1 aromatic rings. The average molecular weight is 360 g/mol. The fourth-order valence-electron chi connectivity index (χ4n) is 2.43. The molecule has 1 aromatic carbocycles. The van der Waals surface area contributed by atoms with Crippen LogP contribution in [-0.2, 0) is 16.1 Å². The van der Waals surface area contributed by atoms with E-state index in [9.17, 15) is 4.79 Å². The van der Waals surface area contributed by atoms with E-state index < -0.39 is 11.7 Å². The van der Waals surface area contributed by atoms with Crippen LogP contribution in [0.25, 0.3) is 0 Å². The maximum Gasteiger partial charge on any atom is 0.408 e.